The lowest BCUT2D eigenvalue weighted by Crippen LogP contribution is -2.55. The third-order valence-electron chi connectivity index (χ3n) is 2.07. The molecule has 0 saturated carbocycles. The van der Waals surface area contributed by atoms with E-state index >= 15 is 0 Å². The Balaban J connectivity index is 4.62. The Bertz CT molecular complexity index is 305. The molecule has 0 aromatic carbocycles. The van der Waals surface area contributed by atoms with E-state index in [2.05, 4.69) is 5.32 Å². The summed E-state index contributed by atoms with van der Waals surface area (Å²) >= 11 is 0. The molecule has 0 rings (SSSR count). The van der Waals surface area contributed by atoms with Gasteiger partial charge in [0.05, 0.1) is 6.61 Å². The predicted molar refractivity (Wildman–Crippen MR) is 58.0 cm³/mol. The summed E-state index contributed by atoms with van der Waals surface area (Å²) in [5.41, 5.74) is 4.92. The van der Waals surface area contributed by atoms with E-state index in [1.807, 2.05) is 5.32 Å². The zero-order valence-corrected chi connectivity index (χ0v) is 9.64. The summed E-state index contributed by atoms with van der Waals surface area (Å²) in [6, 6.07) is -2.24. The molecule has 3 amide bonds. The Morgan fingerprint density at radius 2 is 1.76 bits per heavy atom. The molecule has 0 aliphatic rings. The number of carboxylic acid groups (broad SMARTS) is 1. The molecule has 0 spiro atoms. The number of hydrogen-bond acceptors (Lipinski definition) is 4. The van der Waals surface area contributed by atoms with E-state index in [0.29, 0.717) is 0 Å². The number of nitrogens with two attached hydrogens (primary N) is 1. The molecule has 0 saturated heterocycles. The van der Waals surface area contributed by atoms with Crippen LogP contribution in [0.3, 0.4) is 0 Å². The van der Waals surface area contributed by atoms with Crippen molar-refractivity contribution in [2.24, 2.45) is 11.7 Å². The van der Waals surface area contributed by atoms with Crippen molar-refractivity contribution in [3.63, 3.8) is 0 Å². The van der Waals surface area contributed by atoms with Crippen LogP contribution in [0.2, 0.25) is 0 Å². The summed E-state index contributed by atoms with van der Waals surface area (Å²) in [7, 11) is 0. The van der Waals surface area contributed by atoms with E-state index < -0.39 is 36.6 Å². The van der Waals surface area contributed by atoms with Gasteiger partial charge in [0.25, 0.3) is 0 Å². The molecule has 0 heterocycles. The maximum Gasteiger partial charge on any atom is 0.405 e. The Kier molecular flexibility index (Phi) is 5.97. The van der Waals surface area contributed by atoms with Gasteiger partial charge < -0.3 is 26.6 Å². The second kappa shape index (κ2) is 6.69. The Morgan fingerprint density at radius 1 is 1.24 bits per heavy atom. The molecule has 2 unspecified atom stereocenters. The topological polar surface area (TPSA) is 142 Å². The van der Waals surface area contributed by atoms with E-state index in [4.69, 9.17) is 15.9 Å². The Hall–Kier alpha value is -1.83. The van der Waals surface area contributed by atoms with Crippen molar-refractivity contribution in [2.75, 3.05) is 6.61 Å². The SMILES string of the molecule is CC(C)C(NC(=O)O)C(=O)NC(CO)C(N)=O. The zero-order chi connectivity index (χ0) is 13.6. The number of carbonyl (C=O) groups excluding carboxylic acids is 2. The zero-order valence-electron chi connectivity index (χ0n) is 9.64. The molecule has 17 heavy (non-hydrogen) atoms. The molecule has 0 aliphatic carbocycles. The lowest BCUT2D eigenvalue weighted by atomic mass is 10.0. The fraction of sp³-hybridized carbons (Fsp3) is 0.667. The van der Waals surface area contributed by atoms with Crippen LogP contribution in [0.5, 0.6) is 0 Å². The van der Waals surface area contributed by atoms with Crippen LogP contribution in [-0.4, -0.2) is 46.8 Å². The molecule has 6 N–H and O–H groups in total. The average Bonchev–Trinajstić information content (AvgIpc) is 2.20. The van der Waals surface area contributed by atoms with Crippen LogP contribution >= 0.6 is 0 Å². The van der Waals surface area contributed by atoms with Gasteiger partial charge >= 0.3 is 6.09 Å². The number of amides is 3. The van der Waals surface area contributed by atoms with Gasteiger partial charge in [0.1, 0.15) is 12.1 Å². The van der Waals surface area contributed by atoms with E-state index in [0.717, 1.165) is 0 Å². The van der Waals surface area contributed by atoms with E-state index in [9.17, 15) is 14.4 Å². The van der Waals surface area contributed by atoms with Crippen molar-refractivity contribution in [2.45, 2.75) is 25.9 Å². The van der Waals surface area contributed by atoms with Crippen molar-refractivity contribution in [1.82, 2.24) is 10.6 Å². The molecule has 0 aromatic rings. The van der Waals surface area contributed by atoms with E-state index in [1.165, 1.54) is 0 Å². The Morgan fingerprint density at radius 3 is 2.06 bits per heavy atom. The maximum absolute atomic E-state index is 11.6. The van der Waals surface area contributed by atoms with Crippen LogP contribution in [0.1, 0.15) is 13.8 Å². The standard InChI is InChI=1S/C9H17N3O5/c1-4(2)6(12-9(16)17)8(15)11-5(3-13)7(10)14/h4-6,12-13H,3H2,1-2H3,(H2,10,14)(H,11,15)(H,16,17). The normalized spacial score (nSPS) is 13.9. The number of primary amides is 1. The summed E-state index contributed by atoms with van der Waals surface area (Å²) in [5.74, 6) is -1.91. The minimum atomic E-state index is -1.35. The van der Waals surface area contributed by atoms with Gasteiger partial charge in [-0.25, -0.2) is 4.79 Å². The monoisotopic (exact) mass is 247 g/mol. The van der Waals surface area contributed by atoms with Gasteiger partial charge in [-0.3, -0.25) is 9.59 Å². The molecular weight excluding hydrogens is 230 g/mol. The van der Waals surface area contributed by atoms with Crippen LogP contribution < -0.4 is 16.4 Å². The van der Waals surface area contributed by atoms with Crippen molar-refractivity contribution in [3.05, 3.63) is 0 Å². The number of aliphatic hydroxyl groups excluding tert-OH is 1. The lowest BCUT2D eigenvalue weighted by molar-refractivity contribution is -0.130. The molecule has 0 radical (unpaired) electrons. The highest BCUT2D eigenvalue weighted by molar-refractivity contribution is 5.90. The molecule has 0 fully saturated rings. The molecule has 0 aromatic heterocycles. The van der Waals surface area contributed by atoms with Crippen molar-refractivity contribution >= 4 is 17.9 Å². The molecule has 8 heteroatoms. The van der Waals surface area contributed by atoms with Crippen molar-refractivity contribution in [3.8, 4) is 0 Å². The van der Waals surface area contributed by atoms with Crippen LogP contribution in [0.15, 0.2) is 0 Å². The summed E-state index contributed by atoms with van der Waals surface area (Å²) in [4.78, 5) is 32.9. The van der Waals surface area contributed by atoms with Gasteiger partial charge in [-0.1, -0.05) is 13.8 Å². The second-order valence-corrected chi connectivity index (χ2v) is 3.82. The number of rotatable bonds is 6. The highest BCUT2D eigenvalue weighted by atomic mass is 16.4. The summed E-state index contributed by atoms with van der Waals surface area (Å²) in [5, 5.41) is 21.5. The number of hydrogen-bond donors (Lipinski definition) is 5. The molecule has 8 nitrogen and oxygen atoms in total. The van der Waals surface area contributed by atoms with E-state index in [1.54, 1.807) is 13.8 Å². The van der Waals surface area contributed by atoms with Gasteiger partial charge in [0, 0.05) is 0 Å². The minimum Gasteiger partial charge on any atom is -0.465 e. The first-order chi connectivity index (χ1) is 7.79. The largest absolute Gasteiger partial charge is 0.465 e. The highest BCUT2D eigenvalue weighted by Gasteiger charge is 2.27. The van der Waals surface area contributed by atoms with Gasteiger partial charge in [0.2, 0.25) is 11.8 Å². The lowest BCUT2D eigenvalue weighted by Gasteiger charge is -2.22. The maximum atomic E-state index is 11.6. The van der Waals surface area contributed by atoms with Crippen molar-refractivity contribution in [1.29, 1.82) is 0 Å². The molecular formula is C9H17N3O5. The molecule has 2 atom stereocenters. The molecule has 0 aliphatic heterocycles. The third-order valence-corrected chi connectivity index (χ3v) is 2.07. The smallest absolute Gasteiger partial charge is 0.405 e. The average molecular weight is 247 g/mol. The van der Waals surface area contributed by atoms with Crippen LogP contribution in [0.4, 0.5) is 4.79 Å². The second-order valence-electron chi connectivity index (χ2n) is 3.82. The Labute approximate surface area is 98.2 Å². The fourth-order valence-electron chi connectivity index (χ4n) is 1.14. The quantitative estimate of drug-likeness (QED) is 0.378. The first kappa shape index (κ1) is 15.2. The predicted octanol–water partition coefficient (Wildman–Crippen LogP) is -1.76. The summed E-state index contributed by atoms with van der Waals surface area (Å²) in [6.07, 6.45) is -1.35. The van der Waals surface area contributed by atoms with Crippen molar-refractivity contribution < 1.29 is 24.6 Å². The highest BCUT2D eigenvalue weighted by Crippen LogP contribution is 2.02. The molecule has 98 valence electrons. The first-order valence-corrected chi connectivity index (χ1v) is 4.99. The summed E-state index contributed by atoms with van der Waals surface area (Å²) in [6.45, 7) is 2.63. The van der Waals surface area contributed by atoms with Gasteiger partial charge in [-0.15, -0.1) is 0 Å². The van der Waals surface area contributed by atoms with Gasteiger partial charge in [-0.05, 0) is 5.92 Å². The summed E-state index contributed by atoms with van der Waals surface area (Å²) < 4.78 is 0. The molecule has 0 bridgehead atoms. The van der Waals surface area contributed by atoms with Gasteiger partial charge in [-0.2, -0.15) is 0 Å². The third kappa shape index (κ3) is 5.16. The fourth-order valence-corrected chi connectivity index (χ4v) is 1.14. The van der Waals surface area contributed by atoms with Crippen LogP contribution in [-0.2, 0) is 9.59 Å². The number of aliphatic hydroxyl groups is 1. The first-order valence-electron chi connectivity index (χ1n) is 4.99. The number of nitrogens with one attached hydrogen (secondary N) is 2. The van der Waals surface area contributed by atoms with Crippen LogP contribution in [0, 0.1) is 5.92 Å². The minimum absolute atomic E-state index is 0.307. The number of carbonyl (C=O) groups is 3. The van der Waals surface area contributed by atoms with Crippen LogP contribution in [0.25, 0.3) is 0 Å². The van der Waals surface area contributed by atoms with E-state index in [-0.39, 0.29) is 5.92 Å². The van der Waals surface area contributed by atoms with Gasteiger partial charge in [0.15, 0.2) is 0 Å².